The van der Waals surface area contributed by atoms with Gasteiger partial charge in [-0.15, -0.1) is 0 Å². The Balaban J connectivity index is 1.28. The van der Waals surface area contributed by atoms with Crippen LogP contribution in [0.3, 0.4) is 0 Å². The fraction of sp³-hybridized carbons (Fsp3) is 0.677. The zero-order valence-corrected chi connectivity index (χ0v) is 22.7. The zero-order valence-electron chi connectivity index (χ0n) is 22.7. The number of aliphatic hydroxyl groups is 3. The zero-order chi connectivity index (χ0) is 26.4. The largest absolute Gasteiger partial charge is 0.393 e. The Labute approximate surface area is 221 Å². The van der Waals surface area contributed by atoms with E-state index >= 15 is 0 Å². The molecule has 5 rings (SSSR count). The van der Waals surface area contributed by atoms with Gasteiger partial charge in [0.2, 0.25) is 5.89 Å². The maximum Gasteiger partial charge on any atom is 0.235 e. The minimum atomic E-state index is -0.646. The fourth-order valence-electron chi connectivity index (χ4n) is 7.58. The summed E-state index contributed by atoms with van der Waals surface area (Å²) >= 11 is 0. The molecule has 1 heterocycles. The van der Waals surface area contributed by atoms with E-state index in [9.17, 15) is 15.3 Å². The molecule has 4 fully saturated rings. The van der Waals surface area contributed by atoms with Crippen LogP contribution in [0.25, 0.3) is 0 Å². The summed E-state index contributed by atoms with van der Waals surface area (Å²) < 4.78 is 5.50. The van der Waals surface area contributed by atoms with E-state index < -0.39 is 23.7 Å². The van der Waals surface area contributed by atoms with E-state index in [1.54, 1.807) is 0 Å². The summed E-state index contributed by atoms with van der Waals surface area (Å²) in [7, 11) is 0. The van der Waals surface area contributed by atoms with E-state index in [1.807, 2.05) is 13.0 Å². The van der Waals surface area contributed by atoms with Crippen LogP contribution in [0, 0.1) is 23.2 Å². The third kappa shape index (κ3) is 4.93. The monoisotopic (exact) mass is 508 g/mol. The highest BCUT2D eigenvalue weighted by Gasteiger charge is 2.55. The molecule has 1 aromatic rings. The van der Waals surface area contributed by atoms with Crippen LogP contribution in [0.4, 0.5) is 0 Å². The minimum absolute atomic E-state index is 0.236. The summed E-state index contributed by atoms with van der Waals surface area (Å²) in [6, 6.07) is 0. The predicted octanol–water partition coefficient (Wildman–Crippen LogP) is 5.36. The van der Waals surface area contributed by atoms with Gasteiger partial charge < -0.3 is 19.8 Å². The van der Waals surface area contributed by atoms with E-state index in [1.165, 1.54) is 31.3 Å². The predicted molar refractivity (Wildman–Crippen MR) is 144 cm³/mol. The Kier molecular flexibility index (Phi) is 7.38. The Morgan fingerprint density at radius 3 is 2.65 bits per heavy atom. The second-order valence-electron chi connectivity index (χ2n) is 12.4. The van der Waals surface area contributed by atoms with E-state index in [0.29, 0.717) is 42.3 Å². The van der Waals surface area contributed by atoms with Crippen LogP contribution >= 0.6 is 0 Å². The number of nitrogens with zero attached hydrogens (tertiary/aromatic N) is 2. The Hall–Kier alpha value is -2.02. The van der Waals surface area contributed by atoms with Crippen molar-refractivity contribution in [1.29, 1.82) is 0 Å². The molecule has 0 aliphatic heterocycles. The standard InChI is InChI=1S/C31H44N2O4/c1-5-28-32-29(37-33-28)31(15-16-31)27(36)13-8-19(2)24-11-12-25-21(7-6-14-30(24,25)4)9-10-22-17-23(34)18-26(35)20(22)3/h8-10,13,19,23-27,34-36H,3,5-7,11-12,14-18H2,1-2,4H3/t19-,23-,24-,25+,26+,27-,30-/m1/s1. The Bertz CT molecular complexity index is 1100. The molecule has 3 N–H and O–H groups in total. The number of fused-ring (bicyclic) bond motifs is 1. The first kappa shape index (κ1) is 26.6. The van der Waals surface area contributed by atoms with Gasteiger partial charge in [0.1, 0.15) is 0 Å². The summed E-state index contributed by atoms with van der Waals surface area (Å²) in [4.78, 5) is 4.51. The molecule has 0 unspecified atom stereocenters. The molecule has 0 saturated heterocycles. The van der Waals surface area contributed by atoms with Gasteiger partial charge in [-0.3, -0.25) is 0 Å². The van der Waals surface area contributed by atoms with Gasteiger partial charge in [-0.1, -0.05) is 62.4 Å². The molecule has 202 valence electrons. The van der Waals surface area contributed by atoms with Crippen LogP contribution in [0.5, 0.6) is 0 Å². The van der Waals surface area contributed by atoms with Crippen LogP contribution in [0.15, 0.2) is 52.1 Å². The van der Waals surface area contributed by atoms with E-state index in [0.717, 1.165) is 36.8 Å². The van der Waals surface area contributed by atoms with Crippen LogP contribution in [-0.2, 0) is 11.8 Å². The maximum absolute atomic E-state index is 11.1. The van der Waals surface area contributed by atoms with Gasteiger partial charge in [-0.25, -0.2) is 0 Å². The second kappa shape index (κ2) is 10.3. The molecule has 0 amide bonds. The first-order valence-corrected chi connectivity index (χ1v) is 14.3. The maximum atomic E-state index is 11.1. The minimum Gasteiger partial charge on any atom is -0.393 e. The molecule has 0 aromatic carbocycles. The number of hydrogen-bond donors (Lipinski definition) is 3. The summed E-state index contributed by atoms with van der Waals surface area (Å²) in [5.41, 5.74) is 3.06. The van der Waals surface area contributed by atoms with Gasteiger partial charge in [0.25, 0.3) is 0 Å². The van der Waals surface area contributed by atoms with E-state index in [2.05, 4.69) is 48.8 Å². The number of rotatable bonds is 7. The lowest BCUT2D eigenvalue weighted by Gasteiger charge is -2.44. The van der Waals surface area contributed by atoms with Crippen LogP contribution in [0.1, 0.15) is 90.3 Å². The molecule has 0 spiro atoms. The smallest absolute Gasteiger partial charge is 0.235 e. The highest BCUT2D eigenvalue weighted by Crippen LogP contribution is 2.59. The number of aliphatic hydroxyl groups excluding tert-OH is 3. The average molecular weight is 509 g/mol. The summed E-state index contributed by atoms with van der Waals surface area (Å²) in [5, 5.41) is 35.4. The van der Waals surface area contributed by atoms with Crippen molar-refractivity contribution >= 4 is 0 Å². The van der Waals surface area contributed by atoms with Crippen LogP contribution < -0.4 is 0 Å². The molecule has 1 aromatic heterocycles. The second-order valence-corrected chi connectivity index (χ2v) is 12.4. The molecule has 4 saturated carbocycles. The van der Waals surface area contributed by atoms with Gasteiger partial charge in [0, 0.05) is 12.8 Å². The lowest BCUT2D eigenvalue weighted by atomic mass is 9.61. The van der Waals surface area contributed by atoms with Crippen molar-refractivity contribution in [2.24, 2.45) is 23.2 Å². The van der Waals surface area contributed by atoms with Gasteiger partial charge in [-0.2, -0.15) is 4.98 Å². The van der Waals surface area contributed by atoms with E-state index in [4.69, 9.17) is 4.52 Å². The SMILES string of the molecule is C=C1C(=CC=C2CCC[C@]3(C)[C@@H]([C@H](C)C=C[C@@H](O)C4(c5nc(CC)no5)CC4)CC[C@@H]23)C[C@@H](O)C[C@@H]1O. The normalized spacial score (nSPS) is 37.3. The molecule has 6 heteroatoms. The van der Waals surface area contributed by atoms with Gasteiger partial charge >= 0.3 is 0 Å². The lowest BCUT2D eigenvalue weighted by molar-refractivity contribution is 0.0862. The quantitative estimate of drug-likeness (QED) is 0.429. The summed E-state index contributed by atoms with van der Waals surface area (Å²) in [6.45, 7) is 10.8. The van der Waals surface area contributed by atoms with Crippen molar-refractivity contribution in [2.75, 3.05) is 0 Å². The highest BCUT2D eigenvalue weighted by molar-refractivity contribution is 5.38. The fourth-order valence-corrected chi connectivity index (χ4v) is 7.58. The molecular weight excluding hydrogens is 464 g/mol. The lowest BCUT2D eigenvalue weighted by Crippen LogP contribution is -2.35. The number of aryl methyl sites for hydroxylation is 1. The molecule has 6 nitrogen and oxygen atoms in total. The number of aromatic nitrogens is 2. The molecular formula is C31H44N2O4. The highest BCUT2D eigenvalue weighted by atomic mass is 16.5. The Morgan fingerprint density at radius 2 is 1.95 bits per heavy atom. The average Bonchev–Trinajstić information content (AvgIpc) is 3.39. The molecule has 4 aliphatic rings. The van der Waals surface area contributed by atoms with Crippen molar-refractivity contribution < 1.29 is 19.8 Å². The molecule has 4 aliphatic carbocycles. The first-order chi connectivity index (χ1) is 17.7. The number of hydrogen-bond acceptors (Lipinski definition) is 6. The van der Waals surface area contributed by atoms with Crippen molar-refractivity contribution in [2.45, 2.75) is 109 Å². The first-order valence-electron chi connectivity index (χ1n) is 14.3. The van der Waals surface area contributed by atoms with Crippen molar-refractivity contribution in [3.8, 4) is 0 Å². The van der Waals surface area contributed by atoms with Crippen LogP contribution in [-0.4, -0.2) is 43.8 Å². The molecule has 0 radical (unpaired) electrons. The molecule has 37 heavy (non-hydrogen) atoms. The number of allylic oxidation sites excluding steroid dienone is 4. The molecule has 0 bridgehead atoms. The molecule has 7 atom stereocenters. The van der Waals surface area contributed by atoms with Gasteiger partial charge in [0.05, 0.1) is 23.7 Å². The van der Waals surface area contributed by atoms with Crippen LogP contribution in [0.2, 0.25) is 0 Å². The van der Waals surface area contributed by atoms with Crippen molar-refractivity contribution in [3.63, 3.8) is 0 Å². The topological polar surface area (TPSA) is 99.6 Å². The van der Waals surface area contributed by atoms with Gasteiger partial charge in [0.15, 0.2) is 5.82 Å². The summed E-state index contributed by atoms with van der Waals surface area (Å²) in [6.07, 6.45) is 16.2. The van der Waals surface area contributed by atoms with Crippen molar-refractivity contribution in [1.82, 2.24) is 10.1 Å². The Morgan fingerprint density at radius 1 is 1.16 bits per heavy atom. The third-order valence-corrected chi connectivity index (χ3v) is 10.1. The summed E-state index contributed by atoms with van der Waals surface area (Å²) in [5.74, 6) is 2.77. The van der Waals surface area contributed by atoms with Gasteiger partial charge in [-0.05, 0) is 85.7 Å². The third-order valence-electron chi connectivity index (χ3n) is 10.1. The van der Waals surface area contributed by atoms with Crippen molar-refractivity contribution in [3.05, 3.63) is 59.3 Å². The van der Waals surface area contributed by atoms with E-state index in [-0.39, 0.29) is 5.41 Å².